The summed E-state index contributed by atoms with van der Waals surface area (Å²) in [5.41, 5.74) is 5.75. The lowest BCUT2D eigenvalue weighted by Crippen LogP contribution is -2.43. The van der Waals surface area contributed by atoms with E-state index in [0.29, 0.717) is 30.3 Å². The molecule has 0 unspecified atom stereocenters. The molecule has 1 aliphatic carbocycles. The number of nitrogens with zero attached hydrogens (tertiary/aromatic N) is 3. The van der Waals surface area contributed by atoms with Crippen LogP contribution in [0.2, 0.25) is 0 Å². The van der Waals surface area contributed by atoms with Gasteiger partial charge in [-0.1, -0.05) is 0 Å². The smallest absolute Gasteiger partial charge is 0.216 e. The largest absolute Gasteiger partial charge is 0.481 e. The lowest BCUT2D eigenvalue weighted by Gasteiger charge is -2.26. The minimum Gasteiger partial charge on any atom is -0.481 e. The second-order valence-electron chi connectivity index (χ2n) is 3.99. The molecule has 0 aromatic carbocycles. The van der Waals surface area contributed by atoms with Crippen molar-refractivity contribution in [2.24, 2.45) is 10.7 Å². The molecule has 0 radical (unpaired) electrons. The number of hydrogen-bond acceptors (Lipinski definition) is 4. The minimum atomic E-state index is 0.364. The summed E-state index contributed by atoms with van der Waals surface area (Å²) in [6, 6.07) is 2.19. The Morgan fingerprint density at radius 3 is 3.12 bits per heavy atom. The number of aromatic nitrogens is 2. The fourth-order valence-corrected chi connectivity index (χ4v) is 1.53. The van der Waals surface area contributed by atoms with Gasteiger partial charge in [0, 0.05) is 18.3 Å². The van der Waals surface area contributed by atoms with Crippen molar-refractivity contribution in [3.8, 4) is 5.88 Å². The summed E-state index contributed by atoms with van der Waals surface area (Å²) in [7, 11) is 1.57. The molecule has 1 aliphatic rings. The zero-order valence-electron chi connectivity index (χ0n) is 9.89. The van der Waals surface area contributed by atoms with Gasteiger partial charge in [-0.2, -0.15) is 4.98 Å². The summed E-state index contributed by atoms with van der Waals surface area (Å²) < 4.78 is 5.01. The Labute approximate surface area is 100 Å². The third-order valence-corrected chi connectivity index (χ3v) is 2.74. The molecule has 0 amide bonds. The highest BCUT2D eigenvalue weighted by molar-refractivity contribution is 5.78. The number of hydrogen-bond donors (Lipinski definition) is 2. The molecule has 3 N–H and O–H groups in total. The highest BCUT2D eigenvalue weighted by Crippen LogP contribution is 2.17. The minimum absolute atomic E-state index is 0.364. The van der Waals surface area contributed by atoms with Gasteiger partial charge in [-0.25, -0.2) is 9.98 Å². The number of nitrogens with two attached hydrogens (primary N) is 1. The first-order valence-corrected chi connectivity index (χ1v) is 5.70. The van der Waals surface area contributed by atoms with Crippen molar-refractivity contribution in [3.63, 3.8) is 0 Å². The van der Waals surface area contributed by atoms with Gasteiger partial charge in [-0.15, -0.1) is 0 Å². The molecule has 17 heavy (non-hydrogen) atoms. The molecule has 0 atom stereocenters. The summed E-state index contributed by atoms with van der Waals surface area (Å²) in [6.07, 6.45) is 5.26. The highest BCUT2D eigenvalue weighted by Gasteiger charge is 2.17. The Morgan fingerprint density at radius 1 is 1.65 bits per heavy atom. The van der Waals surface area contributed by atoms with Gasteiger partial charge in [0.05, 0.1) is 7.11 Å². The van der Waals surface area contributed by atoms with Crippen molar-refractivity contribution >= 4 is 5.96 Å². The molecule has 1 heterocycles. The van der Waals surface area contributed by atoms with E-state index in [9.17, 15) is 0 Å². The van der Waals surface area contributed by atoms with Crippen molar-refractivity contribution in [1.29, 1.82) is 0 Å². The first kappa shape index (κ1) is 11.6. The van der Waals surface area contributed by atoms with Gasteiger partial charge in [-0.3, -0.25) is 0 Å². The van der Waals surface area contributed by atoms with Crippen LogP contribution in [0.25, 0.3) is 0 Å². The summed E-state index contributed by atoms with van der Waals surface area (Å²) in [4.78, 5) is 12.4. The van der Waals surface area contributed by atoms with Crippen molar-refractivity contribution in [3.05, 3.63) is 18.1 Å². The van der Waals surface area contributed by atoms with E-state index in [1.54, 1.807) is 19.4 Å². The van der Waals surface area contributed by atoms with Crippen LogP contribution in [0, 0.1) is 0 Å². The molecule has 0 saturated heterocycles. The average molecular weight is 235 g/mol. The molecule has 0 aliphatic heterocycles. The topological polar surface area (TPSA) is 85.4 Å². The van der Waals surface area contributed by atoms with Crippen LogP contribution in [0.3, 0.4) is 0 Å². The number of nitrogens with one attached hydrogen (secondary N) is 1. The lowest BCUT2D eigenvalue weighted by atomic mass is 9.93. The second kappa shape index (κ2) is 5.47. The Morgan fingerprint density at radius 2 is 2.47 bits per heavy atom. The Kier molecular flexibility index (Phi) is 3.74. The van der Waals surface area contributed by atoms with E-state index in [1.165, 1.54) is 19.3 Å². The zero-order valence-corrected chi connectivity index (χ0v) is 9.89. The molecule has 0 spiro atoms. The molecule has 6 nitrogen and oxygen atoms in total. The van der Waals surface area contributed by atoms with Gasteiger partial charge in [0.2, 0.25) is 5.88 Å². The quantitative estimate of drug-likeness (QED) is 0.584. The molecule has 6 heteroatoms. The van der Waals surface area contributed by atoms with Gasteiger partial charge < -0.3 is 15.8 Å². The Hall–Kier alpha value is -1.85. The number of rotatable bonds is 4. The molecule has 2 rings (SSSR count). The van der Waals surface area contributed by atoms with E-state index >= 15 is 0 Å². The highest BCUT2D eigenvalue weighted by atomic mass is 16.5. The van der Waals surface area contributed by atoms with Gasteiger partial charge >= 0.3 is 0 Å². The molecule has 92 valence electrons. The monoisotopic (exact) mass is 235 g/mol. The van der Waals surface area contributed by atoms with E-state index in [4.69, 9.17) is 10.5 Å². The SMILES string of the molecule is COc1ccnc(CN=C(N)NC2CCC2)n1. The number of ether oxygens (including phenoxy) is 1. The van der Waals surface area contributed by atoms with Crippen LogP contribution in [0.5, 0.6) is 5.88 Å². The van der Waals surface area contributed by atoms with Crippen LogP contribution >= 0.6 is 0 Å². The Bertz CT molecular complexity index is 403. The van der Waals surface area contributed by atoms with Crippen LogP contribution < -0.4 is 15.8 Å². The summed E-state index contributed by atoms with van der Waals surface area (Å²) in [5, 5.41) is 3.16. The van der Waals surface area contributed by atoms with Crippen molar-refractivity contribution in [1.82, 2.24) is 15.3 Å². The predicted octanol–water partition coefficient (Wildman–Crippen LogP) is 0.442. The van der Waals surface area contributed by atoms with Gasteiger partial charge in [-0.05, 0) is 19.3 Å². The van der Waals surface area contributed by atoms with Crippen LogP contribution in [-0.4, -0.2) is 29.1 Å². The van der Waals surface area contributed by atoms with Gasteiger partial charge in [0.25, 0.3) is 0 Å². The zero-order chi connectivity index (χ0) is 12.1. The molecule has 1 saturated carbocycles. The maximum atomic E-state index is 5.75. The summed E-state index contributed by atoms with van der Waals surface area (Å²) in [5.74, 6) is 1.60. The van der Waals surface area contributed by atoms with Crippen LogP contribution in [0.15, 0.2) is 17.3 Å². The van der Waals surface area contributed by atoms with Crippen molar-refractivity contribution in [2.45, 2.75) is 31.8 Å². The van der Waals surface area contributed by atoms with E-state index in [2.05, 4.69) is 20.3 Å². The van der Waals surface area contributed by atoms with Crippen LogP contribution in [-0.2, 0) is 6.54 Å². The van der Waals surface area contributed by atoms with Crippen LogP contribution in [0.1, 0.15) is 25.1 Å². The summed E-state index contributed by atoms with van der Waals surface area (Å²) in [6.45, 7) is 0.364. The maximum absolute atomic E-state index is 5.75. The fraction of sp³-hybridized carbons (Fsp3) is 0.545. The van der Waals surface area contributed by atoms with Crippen molar-refractivity contribution < 1.29 is 4.74 Å². The second-order valence-corrected chi connectivity index (χ2v) is 3.99. The third kappa shape index (κ3) is 3.30. The summed E-state index contributed by atoms with van der Waals surface area (Å²) >= 11 is 0. The maximum Gasteiger partial charge on any atom is 0.216 e. The normalized spacial score (nSPS) is 16.4. The molecular weight excluding hydrogens is 218 g/mol. The molecule has 1 aromatic heterocycles. The standard InChI is InChI=1S/C11H17N5O/c1-17-10-5-6-13-9(16-10)7-14-11(12)15-8-3-2-4-8/h5-6,8H,2-4,7H2,1H3,(H3,12,14,15). The molecule has 0 bridgehead atoms. The first-order chi connectivity index (χ1) is 8.28. The lowest BCUT2D eigenvalue weighted by molar-refractivity contribution is 0.382. The fourth-order valence-electron chi connectivity index (χ4n) is 1.53. The number of methoxy groups -OCH3 is 1. The van der Waals surface area contributed by atoms with Crippen LogP contribution in [0.4, 0.5) is 0 Å². The van der Waals surface area contributed by atoms with Gasteiger partial charge in [0.1, 0.15) is 6.54 Å². The molecule has 1 aromatic rings. The van der Waals surface area contributed by atoms with E-state index in [-0.39, 0.29) is 0 Å². The van der Waals surface area contributed by atoms with Gasteiger partial charge in [0.15, 0.2) is 11.8 Å². The van der Waals surface area contributed by atoms with E-state index < -0.39 is 0 Å². The predicted molar refractivity (Wildman–Crippen MR) is 64.7 cm³/mol. The number of guanidine groups is 1. The molecule has 1 fully saturated rings. The Balaban J connectivity index is 1.88. The number of aliphatic imine (C=N–C) groups is 1. The van der Waals surface area contributed by atoms with E-state index in [0.717, 1.165) is 0 Å². The molecular formula is C11H17N5O. The first-order valence-electron chi connectivity index (χ1n) is 5.70. The van der Waals surface area contributed by atoms with E-state index in [1.807, 2.05) is 0 Å². The van der Waals surface area contributed by atoms with Crippen molar-refractivity contribution in [2.75, 3.05) is 7.11 Å². The third-order valence-electron chi connectivity index (χ3n) is 2.74. The average Bonchev–Trinajstić information content (AvgIpc) is 2.31.